The van der Waals surface area contributed by atoms with Crippen LogP contribution in [0.5, 0.6) is 0 Å². The molecule has 0 unspecified atom stereocenters. The molecule has 1 saturated carbocycles. The number of carbonyl (C=O) groups excluding carboxylic acids is 2. The average Bonchev–Trinajstić information content (AvgIpc) is 3.51. The summed E-state index contributed by atoms with van der Waals surface area (Å²) in [6.07, 6.45) is 4.18. The number of urea groups is 1. The standard InChI is InChI=1S/C29H38N8O2/c1-28(2,3)22-14-16-29(17-15-22)19-36(24-12-10-23(11-13-24)35(4)5)27(39)37(29)18-20-6-8-21(9-7-20)25(38)30-26-31-33-34-32-26/h6-13,22H,14-19H2,1-5H3,(H2,30,31,32,33,34,38). The molecule has 206 valence electrons. The molecule has 0 radical (unpaired) electrons. The zero-order chi connectivity index (χ0) is 27.8. The van der Waals surface area contributed by atoms with Crippen molar-refractivity contribution in [2.75, 3.05) is 35.8 Å². The van der Waals surface area contributed by atoms with Crippen molar-refractivity contribution in [1.29, 1.82) is 0 Å². The number of aromatic amines is 1. The fraction of sp³-hybridized carbons (Fsp3) is 0.483. The third kappa shape index (κ3) is 5.46. The fourth-order valence-electron chi connectivity index (χ4n) is 5.95. The molecule has 2 aliphatic rings. The summed E-state index contributed by atoms with van der Waals surface area (Å²) in [5, 5.41) is 15.9. The Balaban J connectivity index is 1.37. The summed E-state index contributed by atoms with van der Waals surface area (Å²) in [6, 6.07) is 15.6. The molecule has 10 nitrogen and oxygen atoms in total. The number of nitrogens with zero attached hydrogens (tertiary/aromatic N) is 6. The Morgan fingerprint density at radius 1 is 1.08 bits per heavy atom. The van der Waals surface area contributed by atoms with E-state index < -0.39 is 0 Å². The van der Waals surface area contributed by atoms with Gasteiger partial charge < -0.3 is 9.80 Å². The van der Waals surface area contributed by atoms with Gasteiger partial charge in [0.2, 0.25) is 0 Å². The van der Waals surface area contributed by atoms with Gasteiger partial charge in [0.25, 0.3) is 11.9 Å². The maximum absolute atomic E-state index is 14.0. The van der Waals surface area contributed by atoms with Crippen molar-refractivity contribution >= 4 is 29.3 Å². The highest BCUT2D eigenvalue weighted by molar-refractivity contribution is 6.03. The largest absolute Gasteiger partial charge is 0.378 e. The minimum atomic E-state index is -0.315. The molecule has 1 aromatic heterocycles. The number of aromatic nitrogens is 4. The van der Waals surface area contributed by atoms with E-state index in [0.717, 1.165) is 42.6 Å². The number of amides is 3. The van der Waals surface area contributed by atoms with Crippen molar-refractivity contribution in [3.63, 3.8) is 0 Å². The molecule has 0 atom stereocenters. The molecule has 39 heavy (non-hydrogen) atoms. The van der Waals surface area contributed by atoms with Gasteiger partial charge in [-0.3, -0.25) is 15.0 Å². The number of tetrazole rings is 1. The third-order valence-electron chi connectivity index (χ3n) is 8.43. The lowest BCUT2D eigenvalue weighted by Gasteiger charge is -2.45. The van der Waals surface area contributed by atoms with Gasteiger partial charge in [0.05, 0.1) is 12.1 Å². The van der Waals surface area contributed by atoms with E-state index in [0.29, 0.717) is 24.6 Å². The quantitative estimate of drug-likeness (QED) is 0.467. The van der Waals surface area contributed by atoms with Crippen molar-refractivity contribution in [3.05, 3.63) is 59.7 Å². The van der Waals surface area contributed by atoms with Crippen LogP contribution in [0.3, 0.4) is 0 Å². The van der Waals surface area contributed by atoms with E-state index in [1.165, 1.54) is 0 Å². The Morgan fingerprint density at radius 3 is 2.31 bits per heavy atom. The van der Waals surface area contributed by atoms with Gasteiger partial charge in [0.1, 0.15) is 0 Å². The third-order valence-corrected chi connectivity index (χ3v) is 8.43. The average molecular weight is 531 g/mol. The highest BCUT2D eigenvalue weighted by Gasteiger charge is 2.52. The first-order chi connectivity index (χ1) is 18.6. The van der Waals surface area contributed by atoms with Crippen LogP contribution < -0.4 is 15.1 Å². The van der Waals surface area contributed by atoms with Gasteiger partial charge in [0.15, 0.2) is 0 Å². The highest BCUT2D eigenvalue weighted by Crippen LogP contribution is 2.47. The number of rotatable bonds is 6. The van der Waals surface area contributed by atoms with Gasteiger partial charge in [-0.2, -0.15) is 5.21 Å². The van der Waals surface area contributed by atoms with Gasteiger partial charge in [-0.25, -0.2) is 4.79 Å². The van der Waals surface area contributed by atoms with Crippen LogP contribution in [0.1, 0.15) is 62.4 Å². The molecule has 1 aliphatic carbocycles. The van der Waals surface area contributed by atoms with Crippen LogP contribution in [0.15, 0.2) is 48.5 Å². The second kappa shape index (κ2) is 10.3. The lowest BCUT2D eigenvalue weighted by Crippen LogP contribution is -2.50. The van der Waals surface area contributed by atoms with Crippen molar-refractivity contribution in [1.82, 2.24) is 25.5 Å². The maximum atomic E-state index is 14.0. The molecule has 0 bridgehead atoms. The van der Waals surface area contributed by atoms with Crippen LogP contribution >= 0.6 is 0 Å². The molecule has 5 rings (SSSR count). The molecular formula is C29H38N8O2. The number of hydrogen-bond donors (Lipinski definition) is 2. The number of carbonyl (C=O) groups is 2. The fourth-order valence-corrected chi connectivity index (χ4v) is 5.95. The lowest BCUT2D eigenvalue weighted by atomic mass is 9.67. The second-order valence-corrected chi connectivity index (χ2v) is 12.1. The molecule has 10 heteroatoms. The summed E-state index contributed by atoms with van der Waals surface area (Å²) >= 11 is 0. The number of benzene rings is 2. The van der Waals surface area contributed by atoms with Gasteiger partial charge >= 0.3 is 6.03 Å². The first kappa shape index (κ1) is 26.6. The van der Waals surface area contributed by atoms with Crippen LogP contribution in [0.2, 0.25) is 0 Å². The number of nitrogens with one attached hydrogen (secondary N) is 2. The van der Waals surface area contributed by atoms with Crippen LogP contribution in [-0.4, -0.2) is 63.6 Å². The predicted octanol–water partition coefficient (Wildman–Crippen LogP) is 4.94. The maximum Gasteiger partial charge on any atom is 0.325 e. The van der Waals surface area contributed by atoms with Crippen molar-refractivity contribution in [2.45, 2.75) is 58.5 Å². The SMILES string of the molecule is CN(C)c1ccc(N2CC3(CCC(C(C)(C)C)CC3)N(Cc3ccc(C(=O)Nc4nn[nH]n4)cc3)C2=O)cc1. The van der Waals surface area contributed by atoms with E-state index in [1.807, 2.05) is 43.3 Å². The summed E-state index contributed by atoms with van der Waals surface area (Å²) in [5.41, 5.74) is 3.55. The van der Waals surface area contributed by atoms with E-state index in [1.54, 1.807) is 12.1 Å². The predicted molar refractivity (Wildman–Crippen MR) is 152 cm³/mol. The summed E-state index contributed by atoms with van der Waals surface area (Å²) in [6.45, 7) is 8.15. The van der Waals surface area contributed by atoms with Crippen LogP contribution in [0.4, 0.5) is 22.1 Å². The van der Waals surface area contributed by atoms with E-state index in [2.05, 4.69) is 68.6 Å². The van der Waals surface area contributed by atoms with Gasteiger partial charge in [-0.15, -0.1) is 5.10 Å². The van der Waals surface area contributed by atoms with Gasteiger partial charge in [0, 0.05) is 37.6 Å². The van der Waals surface area contributed by atoms with E-state index in [9.17, 15) is 9.59 Å². The normalized spacial score (nSPS) is 21.5. The summed E-state index contributed by atoms with van der Waals surface area (Å²) in [4.78, 5) is 32.6. The Kier molecular flexibility index (Phi) is 7.05. The second-order valence-electron chi connectivity index (χ2n) is 12.1. The molecule has 3 amide bonds. The van der Waals surface area contributed by atoms with E-state index >= 15 is 0 Å². The first-order valence-electron chi connectivity index (χ1n) is 13.6. The summed E-state index contributed by atoms with van der Waals surface area (Å²) in [5.74, 6) is 0.452. The minimum Gasteiger partial charge on any atom is -0.378 e. The molecule has 2 heterocycles. The van der Waals surface area contributed by atoms with Crippen molar-refractivity contribution in [2.24, 2.45) is 11.3 Å². The monoisotopic (exact) mass is 530 g/mol. The zero-order valence-corrected chi connectivity index (χ0v) is 23.4. The molecule has 2 fully saturated rings. The van der Waals surface area contributed by atoms with Crippen LogP contribution in [0.25, 0.3) is 0 Å². The Labute approximate surface area is 229 Å². The van der Waals surface area contributed by atoms with Gasteiger partial charge in [-0.05, 0) is 84.2 Å². The van der Waals surface area contributed by atoms with Crippen molar-refractivity contribution < 1.29 is 9.59 Å². The molecule has 3 aromatic rings. The van der Waals surface area contributed by atoms with E-state index in [4.69, 9.17) is 0 Å². The van der Waals surface area contributed by atoms with Crippen LogP contribution in [0, 0.1) is 11.3 Å². The zero-order valence-electron chi connectivity index (χ0n) is 23.4. The first-order valence-corrected chi connectivity index (χ1v) is 13.6. The minimum absolute atomic E-state index is 0.0423. The summed E-state index contributed by atoms with van der Waals surface area (Å²) < 4.78 is 0. The van der Waals surface area contributed by atoms with Crippen LogP contribution in [-0.2, 0) is 6.54 Å². The molecule has 2 N–H and O–H groups in total. The Morgan fingerprint density at radius 2 is 1.74 bits per heavy atom. The van der Waals surface area contributed by atoms with E-state index in [-0.39, 0.29) is 28.8 Å². The summed E-state index contributed by atoms with van der Waals surface area (Å²) in [7, 11) is 4.03. The highest BCUT2D eigenvalue weighted by atomic mass is 16.2. The van der Waals surface area contributed by atoms with Crippen molar-refractivity contribution in [3.8, 4) is 0 Å². The molecule has 1 spiro atoms. The molecule has 2 aromatic carbocycles. The number of H-pyrrole nitrogens is 1. The Bertz CT molecular complexity index is 1290. The smallest absolute Gasteiger partial charge is 0.325 e. The Hall–Kier alpha value is -3.95. The lowest BCUT2D eigenvalue weighted by molar-refractivity contribution is 0.0631. The topological polar surface area (TPSA) is 110 Å². The molecule has 1 saturated heterocycles. The number of hydrogen-bond acceptors (Lipinski definition) is 6. The molecular weight excluding hydrogens is 492 g/mol. The number of anilines is 3. The van der Waals surface area contributed by atoms with Gasteiger partial charge in [-0.1, -0.05) is 38.0 Å². The molecule has 1 aliphatic heterocycles.